The summed E-state index contributed by atoms with van der Waals surface area (Å²) >= 11 is 2.57. The Morgan fingerprint density at radius 2 is 2.16 bits per heavy atom. The molecule has 0 spiro atoms. The third kappa shape index (κ3) is 3.93. The van der Waals surface area contributed by atoms with Crippen molar-refractivity contribution < 1.29 is 9.59 Å². The minimum atomic E-state index is -0.510. The van der Waals surface area contributed by atoms with E-state index < -0.39 is 11.2 Å². The van der Waals surface area contributed by atoms with Gasteiger partial charge in [0.1, 0.15) is 5.00 Å². The molecule has 9 heteroatoms. The molecule has 0 bridgehead atoms. The zero-order chi connectivity index (χ0) is 18.0. The summed E-state index contributed by atoms with van der Waals surface area (Å²) in [6, 6.07) is 1.31. The van der Waals surface area contributed by atoms with E-state index in [1.165, 1.54) is 23.6 Å². The number of carbonyl (C=O) groups is 2. The fourth-order valence-corrected chi connectivity index (χ4v) is 4.84. The second kappa shape index (κ2) is 7.40. The Balaban J connectivity index is 1.77. The van der Waals surface area contributed by atoms with Crippen molar-refractivity contribution in [1.82, 2.24) is 9.97 Å². The number of rotatable bonds is 5. The number of anilines is 1. The molecule has 0 saturated heterocycles. The number of amides is 2. The van der Waals surface area contributed by atoms with E-state index in [0.717, 1.165) is 47.9 Å². The smallest absolute Gasteiger partial charge is 0.251 e. The van der Waals surface area contributed by atoms with Crippen LogP contribution in [0.5, 0.6) is 0 Å². The third-order valence-electron chi connectivity index (χ3n) is 3.96. The van der Waals surface area contributed by atoms with E-state index in [0.29, 0.717) is 15.7 Å². The number of hydrogen-bond donors (Lipinski definition) is 3. The number of aromatic nitrogens is 2. The highest BCUT2D eigenvalue weighted by atomic mass is 32.2. The maximum absolute atomic E-state index is 12.5. The molecule has 7 nitrogen and oxygen atoms in total. The lowest BCUT2D eigenvalue weighted by Crippen LogP contribution is -2.24. The van der Waals surface area contributed by atoms with Crippen molar-refractivity contribution in [2.45, 2.75) is 43.0 Å². The van der Waals surface area contributed by atoms with Gasteiger partial charge >= 0.3 is 0 Å². The minimum absolute atomic E-state index is 0.266. The monoisotopic (exact) mass is 378 g/mol. The van der Waals surface area contributed by atoms with Crippen LogP contribution in [-0.2, 0) is 17.6 Å². The topological polar surface area (TPSA) is 118 Å². The second-order valence-electron chi connectivity index (χ2n) is 5.77. The number of nitrogens with two attached hydrogens (primary N) is 1. The Bertz CT molecular complexity index is 875. The van der Waals surface area contributed by atoms with Crippen molar-refractivity contribution in [1.29, 1.82) is 0 Å². The molecule has 1 unspecified atom stereocenters. The molecule has 2 aromatic heterocycles. The van der Waals surface area contributed by atoms with Crippen molar-refractivity contribution in [3.05, 3.63) is 38.6 Å². The van der Waals surface area contributed by atoms with Crippen molar-refractivity contribution in [3.63, 3.8) is 0 Å². The number of hydrogen-bond acceptors (Lipinski definition) is 6. The van der Waals surface area contributed by atoms with E-state index in [1.54, 1.807) is 6.92 Å². The molecule has 1 aliphatic carbocycles. The van der Waals surface area contributed by atoms with Gasteiger partial charge in [-0.25, -0.2) is 4.98 Å². The standard InChI is InChI=1S/C16H18N4O3S2/c1-8(24-16-18-7-6-11(21)19-16)14(23)20-15-12(13(17)22)9-4-2-3-5-10(9)25-15/h6-8H,2-5H2,1H3,(H2,17,22)(H,20,23)(H,18,19,21). The van der Waals surface area contributed by atoms with Gasteiger partial charge < -0.3 is 16.0 Å². The van der Waals surface area contributed by atoms with Crippen LogP contribution in [0.2, 0.25) is 0 Å². The van der Waals surface area contributed by atoms with Crippen LogP contribution in [0.3, 0.4) is 0 Å². The first-order valence-electron chi connectivity index (χ1n) is 7.93. The van der Waals surface area contributed by atoms with Crippen molar-refractivity contribution in [2.24, 2.45) is 5.73 Å². The number of thioether (sulfide) groups is 1. The molecule has 0 saturated carbocycles. The number of aryl methyl sites for hydroxylation is 1. The number of nitrogens with one attached hydrogen (secondary N) is 2. The van der Waals surface area contributed by atoms with Crippen LogP contribution in [0.4, 0.5) is 5.00 Å². The van der Waals surface area contributed by atoms with Gasteiger partial charge in [-0.15, -0.1) is 11.3 Å². The molecular weight excluding hydrogens is 360 g/mol. The highest BCUT2D eigenvalue weighted by Gasteiger charge is 2.26. The van der Waals surface area contributed by atoms with Crippen molar-refractivity contribution >= 4 is 39.9 Å². The molecule has 0 fully saturated rings. The van der Waals surface area contributed by atoms with E-state index in [4.69, 9.17) is 5.73 Å². The summed E-state index contributed by atoms with van der Waals surface area (Å²) in [7, 11) is 0. The number of nitrogens with zero attached hydrogens (tertiary/aromatic N) is 1. The lowest BCUT2D eigenvalue weighted by molar-refractivity contribution is -0.115. The number of aromatic amines is 1. The largest absolute Gasteiger partial charge is 0.365 e. The Hall–Kier alpha value is -2.13. The maximum Gasteiger partial charge on any atom is 0.251 e. The van der Waals surface area contributed by atoms with E-state index in [9.17, 15) is 14.4 Å². The third-order valence-corrected chi connectivity index (χ3v) is 6.17. The SMILES string of the molecule is CC(Sc1nccc(=O)[nH]1)C(=O)Nc1sc2c(c1C(N)=O)CCCC2. The van der Waals surface area contributed by atoms with Crippen LogP contribution >= 0.6 is 23.1 Å². The van der Waals surface area contributed by atoms with Crippen LogP contribution in [0.15, 0.2) is 22.2 Å². The van der Waals surface area contributed by atoms with Gasteiger partial charge in [0.15, 0.2) is 5.16 Å². The Morgan fingerprint density at radius 1 is 1.40 bits per heavy atom. The van der Waals surface area contributed by atoms with Crippen LogP contribution in [0.1, 0.15) is 40.6 Å². The summed E-state index contributed by atoms with van der Waals surface area (Å²) in [4.78, 5) is 43.4. The molecule has 4 N–H and O–H groups in total. The number of H-pyrrole nitrogens is 1. The molecule has 3 rings (SSSR count). The number of carbonyl (C=O) groups excluding carboxylic acids is 2. The summed E-state index contributed by atoms with van der Waals surface area (Å²) in [5.41, 5.74) is 6.69. The molecule has 0 aromatic carbocycles. The van der Waals surface area contributed by atoms with Gasteiger partial charge in [0.2, 0.25) is 5.91 Å². The lowest BCUT2D eigenvalue weighted by atomic mass is 9.95. The minimum Gasteiger partial charge on any atom is -0.365 e. The Labute approximate surface area is 152 Å². The normalized spacial score (nSPS) is 14.6. The van der Waals surface area contributed by atoms with Gasteiger partial charge in [-0.2, -0.15) is 0 Å². The zero-order valence-corrected chi connectivity index (χ0v) is 15.3. The molecule has 1 aliphatic rings. The highest BCUT2D eigenvalue weighted by Crippen LogP contribution is 2.38. The zero-order valence-electron chi connectivity index (χ0n) is 13.6. The van der Waals surface area contributed by atoms with E-state index >= 15 is 0 Å². The first-order valence-corrected chi connectivity index (χ1v) is 9.62. The first kappa shape index (κ1) is 17.7. The van der Waals surface area contributed by atoms with E-state index in [-0.39, 0.29) is 11.5 Å². The molecular formula is C16H18N4O3S2. The van der Waals surface area contributed by atoms with Crippen LogP contribution < -0.4 is 16.6 Å². The molecule has 2 heterocycles. The molecule has 132 valence electrons. The van der Waals surface area contributed by atoms with Crippen molar-refractivity contribution in [2.75, 3.05) is 5.32 Å². The summed E-state index contributed by atoms with van der Waals surface area (Å²) in [6.07, 6.45) is 5.23. The summed E-state index contributed by atoms with van der Waals surface area (Å²) in [5.74, 6) is -0.776. The van der Waals surface area contributed by atoms with Gasteiger partial charge in [0.05, 0.1) is 10.8 Å². The van der Waals surface area contributed by atoms with Crippen LogP contribution in [-0.4, -0.2) is 27.0 Å². The summed E-state index contributed by atoms with van der Waals surface area (Å²) < 4.78 is 0. The predicted octanol–water partition coefficient (Wildman–Crippen LogP) is 1.93. The molecule has 0 radical (unpaired) electrons. The molecule has 1 atom stereocenters. The van der Waals surface area contributed by atoms with E-state index in [2.05, 4.69) is 15.3 Å². The van der Waals surface area contributed by atoms with E-state index in [1.807, 2.05) is 0 Å². The van der Waals surface area contributed by atoms with Crippen molar-refractivity contribution in [3.8, 4) is 0 Å². The quantitative estimate of drug-likeness (QED) is 0.543. The fraction of sp³-hybridized carbons (Fsp3) is 0.375. The van der Waals surface area contributed by atoms with Crippen LogP contribution in [0.25, 0.3) is 0 Å². The fourth-order valence-electron chi connectivity index (χ4n) is 2.76. The summed E-state index contributed by atoms with van der Waals surface area (Å²) in [5, 5.41) is 3.22. The number of thiophene rings is 1. The number of primary amides is 1. The highest BCUT2D eigenvalue weighted by molar-refractivity contribution is 8.00. The molecule has 25 heavy (non-hydrogen) atoms. The Kier molecular flexibility index (Phi) is 5.24. The van der Waals surface area contributed by atoms with Gasteiger partial charge in [-0.05, 0) is 38.2 Å². The Morgan fingerprint density at radius 3 is 2.88 bits per heavy atom. The number of fused-ring (bicyclic) bond motifs is 1. The first-order chi connectivity index (χ1) is 12.0. The maximum atomic E-state index is 12.5. The lowest BCUT2D eigenvalue weighted by Gasteiger charge is -2.12. The van der Waals surface area contributed by atoms with Gasteiger partial charge in [-0.3, -0.25) is 14.4 Å². The van der Waals surface area contributed by atoms with Gasteiger partial charge in [-0.1, -0.05) is 11.8 Å². The average Bonchev–Trinajstić information content (AvgIpc) is 2.92. The molecule has 2 aromatic rings. The predicted molar refractivity (Wildman–Crippen MR) is 98.3 cm³/mol. The van der Waals surface area contributed by atoms with Gasteiger partial charge in [0, 0.05) is 17.1 Å². The van der Waals surface area contributed by atoms with Crippen LogP contribution in [0, 0.1) is 0 Å². The van der Waals surface area contributed by atoms with Gasteiger partial charge in [0.25, 0.3) is 11.5 Å². The average molecular weight is 378 g/mol. The molecule has 0 aliphatic heterocycles. The second-order valence-corrected chi connectivity index (χ2v) is 8.20. The molecule has 2 amide bonds. The summed E-state index contributed by atoms with van der Waals surface area (Å²) in [6.45, 7) is 1.71.